The van der Waals surface area contributed by atoms with Crippen molar-refractivity contribution in [2.45, 2.75) is 13.8 Å². The maximum Gasteiger partial charge on any atom is 0.251 e. The normalized spacial score (nSPS) is 12.9. The van der Waals surface area contributed by atoms with Crippen molar-refractivity contribution in [1.29, 1.82) is 0 Å². The van der Waals surface area contributed by atoms with Crippen LogP contribution in [0.4, 0.5) is 0 Å². The van der Waals surface area contributed by atoms with Crippen LogP contribution >= 0.6 is 0 Å². The smallest absolute Gasteiger partial charge is 0.251 e. The Hall–Kier alpha value is -2.46. The summed E-state index contributed by atoms with van der Waals surface area (Å²) >= 11 is 0. The van der Waals surface area contributed by atoms with Gasteiger partial charge in [-0.1, -0.05) is 44.2 Å². The monoisotopic (exact) mass is 336 g/mol. The van der Waals surface area contributed by atoms with E-state index in [0.717, 1.165) is 17.7 Å². The summed E-state index contributed by atoms with van der Waals surface area (Å²) in [4.78, 5) is 27.2. The summed E-state index contributed by atoms with van der Waals surface area (Å²) in [6, 6.07) is 13.0. The number of fused-ring (bicyclic) bond motifs is 3. The molecule has 2 aromatic carbocycles. The molecule has 25 heavy (non-hydrogen) atoms. The lowest BCUT2D eigenvalue weighted by molar-refractivity contribution is 0.0929. The third kappa shape index (κ3) is 3.49. The molecule has 130 valence electrons. The molecular weight excluding hydrogens is 312 g/mol. The number of hydrogen-bond acceptors (Lipinski definition) is 3. The van der Waals surface area contributed by atoms with Gasteiger partial charge < -0.3 is 10.2 Å². The highest BCUT2D eigenvalue weighted by Gasteiger charge is 2.27. The predicted molar refractivity (Wildman–Crippen MR) is 100.0 cm³/mol. The number of ketones is 1. The Labute approximate surface area is 148 Å². The number of amides is 1. The average molecular weight is 336 g/mol. The molecule has 0 fully saturated rings. The molecule has 4 nitrogen and oxygen atoms in total. The fourth-order valence-corrected chi connectivity index (χ4v) is 3.50. The van der Waals surface area contributed by atoms with Crippen LogP contribution in [-0.2, 0) is 0 Å². The summed E-state index contributed by atoms with van der Waals surface area (Å²) in [5, 5.41) is 2.99. The van der Waals surface area contributed by atoms with E-state index in [1.165, 1.54) is 0 Å². The Morgan fingerprint density at radius 2 is 1.64 bits per heavy atom. The molecule has 2 aromatic rings. The van der Waals surface area contributed by atoms with Crippen molar-refractivity contribution in [2.75, 3.05) is 27.2 Å². The van der Waals surface area contributed by atoms with Gasteiger partial charge in [-0.2, -0.15) is 0 Å². The highest BCUT2D eigenvalue weighted by atomic mass is 16.1. The van der Waals surface area contributed by atoms with Gasteiger partial charge in [0.25, 0.3) is 5.91 Å². The zero-order valence-corrected chi connectivity index (χ0v) is 15.2. The van der Waals surface area contributed by atoms with Gasteiger partial charge in [-0.25, -0.2) is 0 Å². The summed E-state index contributed by atoms with van der Waals surface area (Å²) in [5.41, 5.74) is 3.68. The Kier molecular flexibility index (Phi) is 4.48. The summed E-state index contributed by atoms with van der Waals surface area (Å²) in [7, 11) is 4.04. The number of hydrogen-bond donors (Lipinski definition) is 1. The van der Waals surface area contributed by atoms with Crippen LogP contribution in [0.5, 0.6) is 0 Å². The first kappa shape index (κ1) is 17.4. The molecular formula is C21H24N2O2. The van der Waals surface area contributed by atoms with E-state index >= 15 is 0 Å². The molecule has 0 heterocycles. The van der Waals surface area contributed by atoms with Crippen molar-refractivity contribution in [3.63, 3.8) is 0 Å². The molecule has 1 aliphatic carbocycles. The molecule has 0 atom stereocenters. The van der Waals surface area contributed by atoms with Crippen LogP contribution in [-0.4, -0.2) is 43.8 Å². The van der Waals surface area contributed by atoms with Gasteiger partial charge in [0, 0.05) is 29.8 Å². The minimum absolute atomic E-state index is 0.00631. The standard InChI is InChI=1S/C21H24N2O2/c1-21(2,13-23(3)4)12-22-20(25)14-9-10-16-15-7-5-6-8-17(15)19(24)18(16)11-14/h5-11H,12-13H2,1-4H3,(H,22,25). The Bertz CT molecular complexity index is 838. The van der Waals surface area contributed by atoms with Crippen molar-refractivity contribution in [3.8, 4) is 11.1 Å². The maximum absolute atomic E-state index is 12.6. The molecule has 0 unspecified atom stereocenters. The van der Waals surface area contributed by atoms with Gasteiger partial charge in [-0.15, -0.1) is 0 Å². The second-order valence-corrected chi connectivity index (χ2v) is 7.72. The number of carbonyl (C=O) groups is 2. The molecule has 0 spiro atoms. The van der Waals surface area contributed by atoms with E-state index in [0.29, 0.717) is 23.2 Å². The predicted octanol–water partition coefficient (Wildman–Crippen LogP) is 3.22. The lowest BCUT2D eigenvalue weighted by Crippen LogP contribution is -2.40. The number of nitrogens with one attached hydrogen (secondary N) is 1. The molecule has 1 aliphatic rings. The van der Waals surface area contributed by atoms with Crippen molar-refractivity contribution >= 4 is 11.7 Å². The van der Waals surface area contributed by atoms with Gasteiger partial charge >= 0.3 is 0 Å². The van der Waals surface area contributed by atoms with Crippen LogP contribution in [0.1, 0.15) is 40.1 Å². The number of benzene rings is 2. The van der Waals surface area contributed by atoms with Crippen LogP contribution in [0.3, 0.4) is 0 Å². The van der Waals surface area contributed by atoms with E-state index in [4.69, 9.17) is 0 Å². The fraction of sp³-hybridized carbons (Fsp3) is 0.333. The van der Waals surface area contributed by atoms with Gasteiger partial charge in [0.2, 0.25) is 0 Å². The number of nitrogens with zero attached hydrogens (tertiary/aromatic N) is 1. The van der Waals surface area contributed by atoms with E-state index in [1.807, 2.05) is 44.4 Å². The molecule has 1 amide bonds. The third-order valence-electron chi connectivity index (χ3n) is 4.46. The van der Waals surface area contributed by atoms with Crippen LogP contribution in [0, 0.1) is 5.41 Å². The van der Waals surface area contributed by atoms with Gasteiger partial charge in [-0.3, -0.25) is 9.59 Å². The second kappa shape index (κ2) is 6.45. The largest absolute Gasteiger partial charge is 0.351 e. The van der Waals surface area contributed by atoms with Gasteiger partial charge in [0.1, 0.15) is 0 Å². The highest BCUT2D eigenvalue weighted by Crippen LogP contribution is 2.36. The first-order valence-electron chi connectivity index (χ1n) is 8.49. The van der Waals surface area contributed by atoms with Gasteiger partial charge in [-0.05, 0) is 42.8 Å². The summed E-state index contributed by atoms with van der Waals surface area (Å²) in [6.07, 6.45) is 0. The van der Waals surface area contributed by atoms with E-state index in [-0.39, 0.29) is 17.1 Å². The molecule has 0 saturated heterocycles. The van der Waals surface area contributed by atoms with Crippen molar-refractivity contribution < 1.29 is 9.59 Å². The first-order chi connectivity index (χ1) is 11.8. The molecule has 0 radical (unpaired) electrons. The lowest BCUT2D eigenvalue weighted by Gasteiger charge is -2.28. The van der Waals surface area contributed by atoms with Gasteiger partial charge in [0.05, 0.1) is 0 Å². The quantitative estimate of drug-likeness (QED) is 0.778. The molecule has 4 heteroatoms. The van der Waals surface area contributed by atoms with Crippen LogP contribution in [0.15, 0.2) is 42.5 Å². The Morgan fingerprint density at radius 1 is 1.00 bits per heavy atom. The summed E-state index contributed by atoms with van der Waals surface area (Å²) < 4.78 is 0. The number of carbonyl (C=O) groups excluding carboxylic acids is 2. The maximum atomic E-state index is 12.6. The molecule has 1 N–H and O–H groups in total. The molecule has 0 bridgehead atoms. The van der Waals surface area contributed by atoms with Crippen molar-refractivity contribution in [3.05, 3.63) is 59.2 Å². The highest BCUT2D eigenvalue weighted by molar-refractivity contribution is 6.22. The zero-order valence-electron chi connectivity index (χ0n) is 15.2. The topological polar surface area (TPSA) is 49.4 Å². The Morgan fingerprint density at radius 3 is 2.32 bits per heavy atom. The Balaban J connectivity index is 1.77. The van der Waals surface area contributed by atoms with Crippen molar-refractivity contribution in [2.24, 2.45) is 5.41 Å². The van der Waals surface area contributed by atoms with Crippen LogP contribution in [0.2, 0.25) is 0 Å². The number of rotatable bonds is 5. The molecule has 3 rings (SSSR count). The third-order valence-corrected chi connectivity index (χ3v) is 4.46. The van der Waals surface area contributed by atoms with E-state index in [9.17, 15) is 9.59 Å². The average Bonchev–Trinajstić information content (AvgIpc) is 2.84. The summed E-state index contributed by atoms with van der Waals surface area (Å²) in [5.74, 6) is -0.147. The second-order valence-electron chi connectivity index (χ2n) is 7.72. The lowest BCUT2D eigenvalue weighted by atomic mass is 9.92. The van der Waals surface area contributed by atoms with Crippen molar-refractivity contribution in [1.82, 2.24) is 10.2 Å². The minimum Gasteiger partial charge on any atom is -0.351 e. The molecule has 0 aliphatic heterocycles. The fourth-order valence-electron chi connectivity index (χ4n) is 3.50. The molecule has 0 saturated carbocycles. The van der Waals surface area contributed by atoms with E-state index < -0.39 is 0 Å². The SMILES string of the molecule is CN(C)CC(C)(C)CNC(=O)c1ccc2c(c1)C(=O)c1ccccc1-2. The van der Waals surface area contributed by atoms with E-state index in [2.05, 4.69) is 24.1 Å². The zero-order chi connectivity index (χ0) is 18.2. The van der Waals surface area contributed by atoms with Crippen LogP contribution < -0.4 is 5.32 Å². The molecule has 0 aromatic heterocycles. The van der Waals surface area contributed by atoms with E-state index in [1.54, 1.807) is 12.1 Å². The first-order valence-corrected chi connectivity index (χ1v) is 8.49. The summed E-state index contributed by atoms with van der Waals surface area (Å²) in [6.45, 7) is 5.70. The minimum atomic E-state index is -0.140. The van der Waals surface area contributed by atoms with Crippen LogP contribution in [0.25, 0.3) is 11.1 Å². The van der Waals surface area contributed by atoms with Gasteiger partial charge in [0.15, 0.2) is 5.78 Å².